The van der Waals surface area contributed by atoms with Crippen molar-refractivity contribution in [2.75, 3.05) is 13.1 Å². The number of esters is 1. The lowest BCUT2D eigenvalue weighted by molar-refractivity contribution is -0.159. The predicted molar refractivity (Wildman–Crippen MR) is 438 cm³/mol. The predicted octanol–water partition coefficient (Wildman–Crippen LogP) is 12.6. The van der Waals surface area contributed by atoms with E-state index in [0.29, 0.717) is 81.0 Å². The van der Waals surface area contributed by atoms with Crippen LogP contribution in [-0.4, -0.2) is 178 Å². The Morgan fingerprint density at radius 2 is 1.22 bits per heavy atom. The third-order valence-electron chi connectivity index (χ3n) is 23.1. The van der Waals surface area contributed by atoms with Gasteiger partial charge in [0, 0.05) is 71.6 Å². The number of hydrogen-bond donors (Lipinski definition) is 5. The molecule has 115 heavy (non-hydrogen) atoms. The number of rotatable bonds is 15. The molecule has 14 rings (SSSR count). The number of hydrogen-bond acceptors (Lipinski definition) is 22. The molecule has 10 atom stereocenters. The zero-order valence-electron chi connectivity index (χ0n) is 67.6. The Labute approximate surface area is 685 Å². The molecule has 2 aromatic carbocycles. The Bertz CT molecular complexity index is 4940. The molecule has 28 nitrogen and oxygen atoms in total. The number of carbonyl (C=O) groups is 8. The van der Waals surface area contributed by atoms with E-state index < -0.39 is 130 Å². The van der Waals surface area contributed by atoms with Crippen molar-refractivity contribution < 1.29 is 74.5 Å². The fourth-order valence-corrected chi connectivity index (χ4v) is 20.0. The molecule has 0 spiro atoms. The van der Waals surface area contributed by atoms with Crippen molar-refractivity contribution in [1.82, 2.24) is 58.9 Å². The van der Waals surface area contributed by atoms with E-state index in [1.165, 1.54) is 21.1 Å². The molecule has 5 N–H and O–H groups in total. The average molecular weight is 1680 g/mol. The molecule has 33 heteroatoms. The number of imidazole rings is 2. The number of fused-ring (bicyclic) bond motifs is 6. The summed E-state index contributed by atoms with van der Waals surface area (Å²) in [4.78, 5) is 131. The molecule has 0 unspecified atom stereocenters. The highest BCUT2D eigenvalue weighted by molar-refractivity contribution is 7.92. The second-order valence-corrected chi connectivity index (χ2v) is 41.3. The first-order chi connectivity index (χ1) is 54.2. The number of benzene rings is 2. The Hall–Kier alpha value is -8.17. The van der Waals surface area contributed by atoms with E-state index in [-0.39, 0.29) is 74.9 Å². The van der Waals surface area contributed by atoms with Gasteiger partial charge < -0.3 is 44.3 Å². The number of carbonyl (C=O) groups excluding carboxylic acids is 8. The lowest BCUT2D eigenvalue weighted by atomic mass is 9.90. The van der Waals surface area contributed by atoms with E-state index in [0.717, 1.165) is 71.2 Å². The number of ether oxygens (including phenoxy) is 3. The topological polar surface area (TPSA) is 369 Å². The van der Waals surface area contributed by atoms with Gasteiger partial charge in [0.05, 0.1) is 79.0 Å². The van der Waals surface area contributed by atoms with Crippen molar-refractivity contribution in [3.05, 3.63) is 87.8 Å². The maximum Gasteiger partial charge on any atom is 0.408 e. The molecule has 6 fully saturated rings. The zero-order valence-corrected chi connectivity index (χ0v) is 71.6. The lowest BCUT2D eigenvalue weighted by Gasteiger charge is -2.30. The number of para-hydroxylation sites is 2. The van der Waals surface area contributed by atoms with Gasteiger partial charge in [-0.1, -0.05) is 74.3 Å². The van der Waals surface area contributed by atoms with Crippen LogP contribution in [0.15, 0.2) is 82.5 Å². The molecule has 8 heterocycles. The molecule has 4 aliphatic heterocycles. The van der Waals surface area contributed by atoms with E-state index >= 15 is 0 Å². The van der Waals surface area contributed by atoms with E-state index in [1.807, 2.05) is 100.0 Å². The molecule has 0 bridgehead atoms. The molecule has 6 amide bonds. The Morgan fingerprint density at radius 3 is 1.77 bits per heavy atom. The van der Waals surface area contributed by atoms with Gasteiger partial charge in [-0.15, -0.1) is 22.7 Å². The van der Waals surface area contributed by atoms with Gasteiger partial charge in [0.1, 0.15) is 40.4 Å². The summed E-state index contributed by atoms with van der Waals surface area (Å²) in [6, 6.07) is 9.42. The summed E-state index contributed by atoms with van der Waals surface area (Å²) in [5.74, 6) is -5.22. The number of allylic oxidation sites excluding steroid dienone is 3. The van der Waals surface area contributed by atoms with Gasteiger partial charge in [0.2, 0.25) is 49.0 Å². The third-order valence-corrected chi connectivity index (χ3v) is 28.8. The van der Waals surface area contributed by atoms with E-state index in [4.69, 9.17) is 30.8 Å². The first-order valence-electron chi connectivity index (χ1n) is 40.1. The minimum Gasteiger partial charge on any atom is -0.460 e. The number of alkyl carbamates (subject to hydrolysis) is 1. The monoisotopic (exact) mass is 1680 g/mol. The number of thiazole rings is 2. The number of aliphatic hydroxyl groups is 1. The first kappa shape index (κ1) is 86.2. The van der Waals surface area contributed by atoms with Crippen LogP contribution in [0.2, 0.25) is 5.28 Å². The van der Waals surface area contributed by atoms with Crippen molar-refractivity contribution >= 4 is 124 Å². The fraction of sp³-hybridized carbons (Fsp3) is 0.610. The SMILES string of the molecule is CC(C)(C)OC(=O)C[C@H]1CCCCC/C=C\[C@@H]2C[C@@]2(C(=O)NS(=O)(=O)C2(C)CC2)CC(=O)[C@@H]2C[C@@H](O)CN2C1=O.CC(C)n1c(Cl)nc2c(-c3cscn3)cccc21.CC(C)n1c(O[C@@H]2C[C@H]3C(=O)N[C@]4(C(=O)NS(=O)(=O)C5(C)CC5)C[C@H]4/C=C\CCCCC[C@H](NC(=O)OC(C)(C)C)C(=O)N3C2)nc2c(-c3cscn3)cccc21. The van der Waals surface area contributed by atoms with Gasteiger partial charge in [0.15, 0.2) is 5.78 Å². The van der Waals surface area contributed by atoms with Gasteiger partial charge in [-0.05, 0) is 190 Å². The maximum absolute atomic E-state index is 14.6. The molecule has 624 valence electrons. The summed E-state index contributed by atoms with van der Waals surface area (Å²) in [7, 11) is -7.88. The van der Waals surface area contributed by atoms with Crippen molar-refractivity contribution in [2.45, 2.75) is 280 Å². The van der Waals surface area contributed by atoms with Gasteiger partial charge >= 0.3 is 12.1 Å². The number of amides is 6. The van der Waals surface area contributed by atoms with Crippen LogP contribution in [0.5, 0.6) is 6.01 Å². The number of aliphatic hydroxyl groups excluding tert-OH is 1. The Kier molecular flexibility index (Phi) is 25.5. The highest BCUT2D eigenvalue weighted by Gasteiger charge is 2.65. The van der Waals surface area contributed by atoms with Crippen LogP contribution in [0.1, 0.15) is 224 Å². The number of aromatic nitrogens is 6. The summed E-state index contributed by atoms with van der Waals surface area (Å²) in [5, 5.41) is 20.7. The largest absolute Gasteiger partial charge is 0.460 e. The van der Waals surface area contributed by atoms with Gasteiger partial charge in [-0.25, -0.2) is 36.6 Å². The number of ketones is 1. The third kappa shape index (κ3) is 19.5. The fourth-order valence-electron chi connectivity index (χ4n) is 15.8. The second-order valence-electron chi connectivity index (χ2n) is 35.1. The molecule has 4 saturated carbocycles. The molecule has 4 aromatic heterocycles. The standard InChI is InChI=1S/C40H53N7O8S2.C29H44N2O8S.C13H12ClN3S/c1-24(2)47-30-16-12-14-27(29-22-56-23-41-29)32(30)43-36(47)54-26-19-31-33(48)44-40(35(50)45-57(52,53)39(6)17-18-39)20-25(40)13-10-8-7-9-11-15-28(34(49)46(31)21-26)42-37(51)55-38(3,4)5;1-27(2,3)39-24(34)14-19-10-8-6-5-7-9-11-20-16-29(20,26(36)30-40(37,38)28(4)12-13-28)17-23(33)22-15-21(32)18-31(22)25(19)35;1-8(2)17-11-5-3-4-9(10-6-18-7-15-10)12(11)16-13(17)14/h10,12-14,16,22-26,28,31H,7-9,11,15,17-21H2,1-6H3,(H,42,51)(H,44,48)(H,45,50);9,11,19-22,32H,5-8,10,12-18H2,1-4H3,(H,30,36);3-8H,1-2H3/b13-10-;11-9-;/t25-,26-,28+,31+,40-;19-,20-,21-,22+,29-;/m11./s1. The zero-order chi connectivity index (χ0) is 83.1. The van der Waals surface area contributed by atoms with Gasteiger partial charge in [-0.3, -0.25) is 47.6 Å². The van der Waals surface area contributed by atoms with E-state index in [9.17, 15) is 60.3 Å². The van der Waals surface area contributed by atoms with Crippen molar-refractivity contribution in [3.63, 3.8) is 0 Å². The normalized spacial score (nSPS) is 26.9. The summed E-state index contributed by atoms with van der Waals surface area (Å²) in [5.41, 5.74) is 6.49. The number of sulfonamides is 2. The minimum absolute atomic E-state index is 0.0150. The van der Waals surface area contributed by atoms with Crippen LogP contribution in [0, 0.1) is 23.2 Å². The summed E-state index contributed by atoms with van der Waals surface area (Å²) < 4.78 is 76.3. The molecule has 0 radical (unpaired) electrons. The molecule has 8 aliphatic rings. The van der Waals surface area contributed by atoms with Crippen LogP contribution in [-0.2, 0) is 63.1 Å². The maximum atomic E-state index is 14.6. The number of halogens is 1. The average Bonchev–Trinajstić information content (AvgIpc) is 1.56. The van der Waals surface area contributed by atoms with Crippen LogP contribution < -0.4 is 24.8 Å². The minimum atomic E-state index is -4.00. The number of Topliss-reactive ketones (excluding diaryl/α,β-unsaturated/α-hetero) is 1. The molecule has 4 aliphatic carbocycles. The second kappa shape index (κ2) is 34.0. The van der Waals surface area contributed by atoms with Gasteiger partial charge in [-0.2, -0.15) is 4.98 Å². The Morgan fingerprint density at radius 1 is 0.670 bits per heavy atom. The van der Waals surface area contributed by atoms with Crippen LogP contribution in [0.4, 0.5) is 4.79 Å². The highest BCUT2D eigenvalue weighted by Crippen LogP contribution is 2.58. The Balaban J connectivity index is 0.000000181. The number of nitrogens with one attached hydrogen (secondary N) is 4. The first-order valence-corrected chi connectivity index (χ1v) is 45.3. The van der Waals surface area contributed by atoms with Crippen molar-refractivity contribution in [2.24, 2.45) is 23.2 Å². The van der Waals surface area contributed by atoms with E-state index in [2.05, 4.69) is 48.9 Å². The molecule has 2 saturated heterocycles. The summed E-state index contributed by atoms with van der Waals surface area (Å²) >= 11 is 9.29. The quantitative estimate of drug-likeness (QED) is 0.0471. The molecular weight excluding hydrogens is 1570 g/mol. The summed E-state index contributed by atoms with van der Waals surface area (Å²) in [6.07, 6.45) is 14.3. The van der Waals surface area contributed by atoms with Gasteiger partial charge in [0.25, 0.3) is 11.9 Å². The van der Waals surface area contributed by atoms with Crippen LogP contribution in [0.3, 0.4) is 0 Å². The highest BCUT2D eigenvalue weighted by atomic mass is 35.5. The number of nitrogens with zero attached hydrogens (tertiary/aromatic N) is 8. The lowest BCUT2D eigenvalue weighted by Crippen LogP contribution is -2.58. The van der Waals surface area contributed by atoms with Crippen molar-refractivity contribution in [3.8, 4) is 28.5 Å². The van der Waals surface area contributed by atoms with Crippen LogP contribution in [0.25, 0.3) is 44.6 Å². The summed E-state index contributed by atoms with van der Waals surface area (Å²) in [6.45, 7) is 21.9. The van der Waals surface area contributed by atoms with Crippen molar-refractivity contribution in [1.29, 1.82) is 0 Å². The molecule has 6 aromatic rings. The smallest absolute Gasteiger partial charge is 0.408 e. The van der Waals surface area contributed by atoms with Crippen LogP contribution >= 0.6 is 34.3 Å². The molecular formula is C82H109ClN12O16S4. The van der Waals surface area contributed by atoms with E-state index in [1.54, 1.807) is 72.2 Å².